The van der Waals surface area contributed by atoms with Crippen LogP contribution in [0.15, 0.2) is 0 Å². The van der Waals surface area contributed by atoms with Crippen LogP contribution in [0.4, 0.5) is 0 Å². The molecule has 128 valence electrons. The molecule has 0 aliphatic carbocycles. The van der Waals surface area contributed by atoms with Crippen molar-refractivity contribution in [2.75, 3.05) is 65.8 Å². The van der Waals surface area contributed by atoms with Gasteiger partial charge < -0.3 is 19.5 Å². The fraction of sp³-hybridized carbons (Fsp3) is 1.00. The molecule has 0 amide bonds. The quantitative estimate of drug-likeness (QED) is 0.704. The summed E-state index contributed by atoms with van der Waals surface area (Å²) in [6, 6.07) is 0. The zero-order valence-electron chi connectivity index (χ0n) is 12.9. The molecular formula is C14H26N2O5S. The molecule has 0 radical (unpaired) electrons. The monoisotopic (exact) mass is 334 g/mol. The Bertz CT molecular complexity index is 468. The van der Waals surface area contributed by atoms with Gasteiger partial charge in [-0.25, -0.2) is 8.42 Å². The summed E-state index contributed by atoms with van der Waals surface area (Å²) in [5.74, 6) is 0. The number of piperidine rings is 1. The number of rotatable bonds is 5. The van der Waals surface area contributed by atoms with Gasteiger partial charge in [0.05, 0.1) is 43.7 Å². The van der Waals surface area contributed by atoms with E-state index in [4.69, 9.17) is 9.47 Å². The number of hydrogen-bond acceptors (Lipinski definition) is 6. The molecule has 0 saturated carbocycles. The van der Waals surface area contributed by atoms with Crippen LogP contribution in [0, 0.1) is 5.41 Å². The van der Waals surface area contributed by atoms with E-state index in [1.807, 2.05) is 0 Å². The molecule has 0 spiro atoms. The SMILES string of the molecule is O=S(=O)(C1CCCN(CC2(CO)COC2)C1)N1CCOCC1. The summed E-state index contributed by atoms with van der Waals surface area (Å²) in [6.07, 6.45) is 1.61. The topological polar surface area (TPSA) is 79.3 Å². The first-order valence-corrected chi connectivity index (χ1v) is 9.54. The van der Waals surface area contributed by atoms with Crippen LogP contribution in [-0.4, -0.2) is 93.7 Å². The van der Waals surface area contributed by atoms with Gasteiger partial charge in [0, 0.05) is 26.2 Å². The van der Waals surface area contributed by atoms with Gasteiger partial charge in [-0.3, -0.25) is 0 Å². The van der Waals surface area contributed by atoms with Gasteiger partial charge in [0.1, 0.15) is 0 Å². The molecule has 3 rings (SSSR count). The Morgan fingerprint density at radius 1 is 1.14 bits per heavy atom. The van der Waals surface area contributed by atoms with E-state index in [0.29, 0.717) is 46.1 Å². The Balaban J connectivity index is 1.62. The van der Waals surface area contributed by atoms with Crippen molar-refractivity contribution >= 4 is 10.0 Å². The van der Waals surface area contributed by atoms with E-state index in [0.717, 1.165) is 25.9 Å². The van der Waals surface area contributed by atoms with Crippen LogP contribution < -0.4 is 0 Å². The third-order valence-corrected chi connectivity index (χ3v) is 7.24. The number of sulfonamides is 1. The Morgan fingerprint density at radius 2 is 1.86 bits per heavy atom. The second kappa shape index (κ2) is 6.70. The summed E-state index contributed by atoms with van der Waals surface area (Å²) in [5.41, 5.74) is -0.190. The molecule has 7 nitrogen and oxygen atoms in total. The molecule has 3 aliphatic heterocycles. The van der Waals surface area contributed by atoms with Gasteiger partial charge in [-0.05, 0) is 19.4 Å². The largest absolute Gasteiger partial charge is 0.396 e. The van der Waals surface area contributed by atoms with E-state index in [9.17, 15) is 13.5 Å². The molecule has 3 fully saturated rings. The van der Waals surface area contributed by atoms with E-state index in [1.165, 1.54) is 0 Å². The summed E-state index contributed by atoms with van der Waals surface area (Å²) in [7, 11) is -3.25. The molecule has 3 aliphatic rings. The predicted octanol–water partition coefficient (Wildman–Crippen LogP) is -0.878. The molecule has 22 heavy (non-hydrogen) atoms. The van der Waals surface area contributed by atoms with Crippen LogP contribution in [0.2, 0.25) is 0 Å². The maximum absolute atomic E-state index is 12.8. The van der Waals surface area contributed by atoms with Crippen LogP contribution in [-0.2, 0) is 19.5 Å². The highest BCUT2D eigenvalue weighted by Crippen LogP contribution is 2.30. The summed E-state index contributed by atoms with van der Waals surface area (Å²) >= 11 is 0. The second-order valence-electron chi connectivity index (χ2n) is 6.71. The maximum Gasteiger partial charge on any atom is 0.218 e. The molecule has 1 N–H and O–H groups in total. The van der Waals surface area contributed by atoms with Gasteiger partial charge in [-0.1, -0.05) is 0 Å². The molecule has 0 aromatic heterocycles. The fourth-order valence-corrected chi connectivity index (χ4v) is 5.45. The molecule has 3 heterocycles. The van der Waals surface area contributed by atoms with Crippen LogP contribution >= 0.6 is 0 Å². The van der Waals surface area contributed by atoms with Crippen molar-refractivity contribution in [2.45, 2.75) is 18.1 Å². The molecule has 3 saturated heterocycles. The third-order valence-electron chi connectivity index (χ3n) is 4.92. The number of hydrogen-bond donors (Lipinski definition) is 1. The molecule has 1 atom stereocenters. The van der Waals surface area contributed by atoms with Crippen molar-refractivity contribution in [2.24, 2.45) is 5.41 Å². The first kappa shape index (κ1) is 16.6. The lowest BCUT2D eigenvalue weighted by atomic mass is 9.86. The highest BCUT2D eigenvalue weighted by molar-refractivity contribution is 7.89. The number of ether oxygens (including phenoxy) is 2. The Labute approximate surface area is 132 Å². The van der Waals surface area contributed by atoms with E-state index in [-0.39, 0.29) is 17.3 Å². The highest BCUT2D eigenvalue weighted by atomic mass is 32.2. The standard InChI is InChI=1S/C14H26N2O5S/c17-10-14(11-21-12-14)9-15-3-1-2-13(8-15)22(18,19)16-4-6-20-7-5-16/h13,17H,1-12H2. The van der Waals surface area contributed by atoms with Gasteiger partial charge >= 0.3 is 0 Å². The molecule has 0 aromatic carbocycles. The zero-order valence-corrected chi connectivity index (χ0v) is 13.8. The van der Waals surface area contributed by atoms with Crippen molar-refractivity contribution < 1.29 is 23.0 Å². The Morgan fingerprint density at radius 3 is 2.45 bits per heavy atom. The smallest absolute Gasteiger partial charge is 0.218 e. The van der Waals surface area contributed by atoms with E-state index in [1.54, 1.807) is 4.31 Å². The van der Waals surface area contributed by atoms with Gasteiger partial charge in [0.2, 0.25) is 10.0 Å². The summed E-state index contributed by atoms with van der Waals surface area (Å²) in [5, 5.41) is 9.21. The fourth-order valence-electron chi connectivity index (χ4n) is 3.51. The number of aliphatic hydroxyl groups is 1. The lowest BCUT2D eigenvalue weighted by Gasteiger charge is -2.45. The van der Waals surface area contributed by atoms with Crippen LogP contribution in [0.5, 0.6) is 0 Å². The average Bonchev–Trinajstić information content (AvgIpc) is 2.52. The second-order valence-corrected chi connectivity index (χ2v) is 8.92. The van der Waals surface area contributed by atoms with Crippen molar-refractivity contribution in [3.05, 3.63) is 0 Å². The molecular weight excluding hydrogens is 308 g/mol. The maximum atomic E-state index is 12.8. The van der Waals surface area contributed by atoms with Crippen molar-refractivity contribution in [1.29, 1.82) is 0 Å². The summed E-state index contributed by atoms with van der Waals surface area (Å²) in [4.78, 5) is 2.19. The Kier molecular flexibility index (Phi) is 5.06. The molecule has 8 heteroatoms. The molecule has 1 unspecified atom stereocenters. The first-order chi connectivity index (χ1) is 10.6. The van der Waals surface area contributed by atoms with E-state index >= 15 is 0 Å². The first-order valence-electron chi connectivity index (χ1n) is 8.03. The Hall–Kier alpha value is -0.250. The van der Waals surface area contributed by atoms with Gasteiger partial charge in [-0.2, -0.15) is 4.31 Å². The number of aliphatic hydroxyl groups excluding tert-OH is 1. The molecule has 0 bridgehead atoms. The minimum Gasteiger partial charge on any atom is -0.396 e. The number of morpholine rings is 1. The predicted molar refractivity (Wildman–Crippen MR) is 81.1 cm³/mol. The van der Waals surface area contributed by atoms with E-state index < -0.39 is 10.0 Å². The zero-order chi connectivity index (χ0) is 15.6. The van der Waals surface area contributed by atoms with E-state index in [2.05, 4.69) is 4.90 Å². The summed E-state index contributed by atoms with van der Waals surface area (Å²) in [6.45, 7) is 5.32. The van der Waals surface area contributed by atoms with Crippen molar-refractivity contribution in [3.8, 4) is 0 Å². The highest BCUT2D eigenvalue weighted by Gasteiger charge is 2.42. The van der Waals surface area contributed by atoms with Crippen molar-refractivity contribution in [1.82, 2.24) is 9.21 Å². The van der Waals surface area contributed by atoms with Gasteiger partial charge in [0.15, 0.2) is 0 Å². The van der Waals surface area contributed by atoms with Crippen molar-refractivity contribution in [3.63, 3.8) is 0 Å². The number of nitrogens with zero attached hydrogens (tertiary/aromatic N) is 2. The van der Waals surface area contributed by atoms with Crippen LogP contribution in [0.3, 0.4) is 0 Å². The average molecular weight is 334 g/mol. The lowest BCUT2D eigenvalue weighted by Crippen LogP contribution is -2.57. The minimum absolute atomic E-state index is 0.102. The minimum atomic E-state index is -3.25. The van der Waals surface area contributed by atoms with Crippen LogP contribution in [0.1, 0.15) is 12.8 Å². The van der Waals surface area contributed by atoms with Crippen LogP contribution in [0.25, 0.3) is 0 Å². The number of likely N-dealkylation sites (tertiary alicyclic amines) is 1. The molecule has 0 aromatic rings. The normalized spacial score (nSPS) is 30.9. The third kappa shape index (κ3) is 3.32. The summed E-state index contributed by atoms with van der Waals surface area (Å²) < 4.78 is 37.6. The van der Waals surface area contributed by atoms with Gasteiger partial charge in [0.25, 0.3) is 0 Å². The van der Waals surface area contributed by atoms with Gasteiger partial charge in [-0.15, -0.1) is 0 Å². The lowest BCUT2D eigenvalue weighted by molar-refractivity contribution is -0.149.